The molecule has 86 valence electrons. The van der Waals surface area contributed by atoms with Crippen molar-refractivity contribution in [1.29, 1.82) is 0 Å². The molecule has 0 aromatic rings. The Kier molecular flexibility index (Phi) is 3.92. The summed E-state index contributed by atoms with van der Waals surface area (Å²) in [5, 5.41) is 7.00. The van der Waals surface area contributed by atoms with Crippen LogP contribution >= 0.6 is 11.8 Å². The van der Waals surface area contributed by atoms with Gasteiger partial charge in [-0.2, -0.15) is 11.8 Å². The van der Waals surface area contributed by atoms with Crippen LogP contribution in [0.1, 0.15) is 26.2 Å². The van der Waals surface area contributed by atoms with Crippen LogP contribution in [0.15, 0.2) is 0 Å². The van der Waals surface area contributed by atoms with Gasteiger partial charge >= 0.3 is 0 Å². The predicted octanol–water partition coefficient (Wildman–Crippen LogP) is 0.996. The number of thioether (sulfide) groups is 1. The second-order valence-corrected chi connectivity index (χ2v) is 5.99. The Morgan fingerprint density at radius 3 is 3.00 bits per heavy atom. The van der Waals surface area contributed by atoms with Crippen LogP contribution in [0.4, 0.5) is 0 Å². The van der Waals surface area contributed by atoms with E-state index in [0.717, 1.165) is 19.5 Å². The van der Waals surface area contributed by atoms with Gasteiger partial charge in [-0.05, 0) is 37.5 Å². The molecule has 0 radical (unpaired) electrons. The minimum Gasteiger partial charge on any atom is -0.354 e. The molecule has 2 rings (SSSR count). The zero-order valence-electron chi connectivity index (χ0n) is 9.29. The van der Waals surface area contributed by atoms with E-state index in [1.54, 1.807) is 0 Å². The lowest BCUT2D eigenvalue weighted by Gasteiger charge is -2.17. The lowest BCUT2D eigenvalue weighted by molar-refractivity contribution is -0.123. The quantitative estimate of drug-likeness (QED) is 0.757. The van der Waals surface area contributed by atoms with Crippen molar-refractivity contribution in [3.8, 4) is 0 Å². The van der Waals surface area contributed by atoms with Crippen molar-refractivity contribution in [2.75, 3.05) is 18.8 Å². The maximum atomic E-state index is 11.8. The van der Waals surface area contributed by atoms with Gasteiger partial charge in [-0.3, -0.25) is 4.79 Å². The number of amides is 1. The Morgan fingerprint density at radius 1 is 1.53 bits per heavy atom. The van der Waals surface area contributed by atoms with Gasteiger partial charge in [0.2, 0.25) is 5.91 Å². The highest BCUT2D eigenvalue weighted by molar-refractivity contribution is 8.00. The van der Waals surface area contributed by atoms with E-state index in [1.807, 2.05) is 11.8 Å². The molecule has 3 nitrogen and oxygen atoms in total. The van der Waals surface area contributed by atoms with Crippen molar-refractivity contribution in [2.24, 2.45) is 5.92 Å². The average Bonchev–Trinajstić information content (AvgIpc) is 2.84. The molecule has 0 saturated carbocycles. The van der Waals surface area contributed by atoms with Gasteiger partial charge < -0.3 is 10.6 Å². The highest BCUT2D eigenvalue weighted by Crippen LogP contribution is 2.25. The second kappa shape index (κ2) is 5.21. The highest BCUT2D eigenvalue weighted by Gasteiger charge is 2.29. The average molecular weight is 228 g/mol. The molecule has 0 aromatic carbocycles. The Labute approximate surface area is 95.8 Å². The number of hydrogen-bond donors (Lipinski definition) is 2. The molecule has 2 aliphatic rings. The van der Waals surface area contributed by atoms with Crippen LogP contribution in [-0.4, -0.2) is 36.0 Å². The molecular weight excluding hydrogens is 208 g/mol. The summed E-state index contributed by atoms with van der Waals surface area (Å²) in [7, 11) is 0. The van der Waals surface area contributed by atoms with Gasteiger partial charge in [-0.25, -0.2) is 0 Å². The third kappa shape index (κ3) is 2.88. The monoisotopic (exact) mass is 228 g/mol. The predicted molar refractivity (Wildman–Crippen MR) is 64.1 cm³/mol. The third-order valence-electron chi connectivity index (χ3n) is 3.34. The van der Waals surface area contributed by atoms with Gasteiger partial charge in [0.25, 0.3) is 0 Å². The maximum Gasteiger partial charge on any atom is 0.237 e. The van der Waals surface area contributed by atoms with E-state index >= 15 is 0 Å². The molecule has 2 saturated heterocycles. The van der Waals surface area contributed by atoms with E-state index in [-0.39, 0.29) is 11.9 Å². The first-order valence-corrected chi connectivity index (χ1v) is 6.95. The summed E-state index contributed by atoms with van der Waals surface area (Å²) in [6.07, 6.45) is 3.69. The van der Waals surface area contributed by atoms with E-state index in [0.29, 0.717) is 11.2 Å². The van der Waals surface area contributed by atoms with Gasteiger partial charge in [0.05, 0.1) is 6.04 Å². The third-order valence-corrected chi connectivity index (χ3v) is 4.74. The fourth-order valence-corrected chi connectivity index (χ4v) is 3.52. The van der Waals surface area contributed by atoms with Gasteiger partial charge in [0.15, 0.2) is 0 Å². The standard InChI is InChI=1S/C11H20N2OS/c1-8-4-5-12-10(8)11(14)13-7-9-3-2-6-15-9/h8-10,12H,2-7H2,1H3,(H,13,14). The fraction of sp³-hybridized carbons (Fsp3) is 0.909. The summed E-state index contributed by atoms with van der Waals surface area (Å²) >= 11 is 1.99. The van der Waals surface area contributed by atoms with Crippen molar-refractivity contribution >= 4 is 17.7 Å². The van der Waals surface area contributed by atoms with Crippen molar-refractivity contribution in [1.82, 2.24) is 10.6 Å². The normalized spacial score (nSPS) is 35.7. The van der Waals surface area contributed by atoms with Crippen LogP contribution in [0, 0.1) is 5.92 Å². The van der Waals surface area contributed by atoms with Gasteiger partial charge in [0, 0.05) is 11.8 Å². The largest absolute Gasteiger partial charge is 0.354 e. The Balaban J connectivity index is 1.71. The van der Waals surface area contributed by atoms with Gasteiger partial charge in [-0.1, -0.05) is 6.92 Å². The molecule has 0 bridgehead atoms. The number of hydrogen-bond acceptors (Lipinski definition) is 3. The van der Waals surface area contributed by atoms with Crippen molar-refractivity contribution in [3.63, 3.8) is 0 Å². The maximum absolute atomic E-state index is 11.8. The first-order chi connectivity index (χ1) is 7.27. The van der Waals surface area contributed by atoms with Crippen molar-refractivity contribution in [3.05, 3.63) is 0 Å². The molecule has 2 N–H and O–H groups in total. The molecule has 0 spiro atoms. The lowest BCUT2D eigenvalue weighted by Crippen LogP contribution is -2.44. The Bertz CT molecular complexity index is 229. The lowest BCUT2D eigenvalue weighted by atomic mass is 10.0. The molecule has 15 heavy (non-hydrogen) atoms. The zero-order chi connectivity index (χ0) is 10.7. The number of carbonyl (C=O) groups excluding carboxylic acids is 1. The van der Waals surface area contributed by atoms with E-state index in [1.165, 1.54) is 18.6 Å². The molecule has 0 aliphatic carbocycles. The van der Waals surface area contributed by atoms with Crippen LogP contribution < -0.4 is 10.6 Å². The first-order valence-electron chi connectivity index (χ1n) is 5.90. The topological polar surface area (TPSA) is 41.1 Å². The van der Waals surface area contributed by atoms with Crippen LogP contribution in [0.2, 0.25) is 0 Å². The summed E-state index contributed by atoms with van der Waals surface area (Å²) < 4.78 is 0. The molecule has 4 heteroatoms. The minimum atomic E-state index is 0.0522. The summed E-state index contributed by atoms with van der Waals surface area (Å²) in [5.74, 6) is 1.95. The molecule has 3 atom stereocenters. The van der Waals surface area contributed by atoms with Gasteiger partial charge in [0.1, 0.15) is 0 Å². The summed E-state index contributed by atoms with van der Waals surface area (Å²) in [6.45, 7) is 3.99. The molecule has 2 heterocycles. The SMILES string of the molecule is CC1CCNC1C(=O)NCC1CCCS1. The van der Waals surface area contributed by atoms with Crippen molar-refractivity contribution in [2.45, 2.75) is 37.5 Å². The van der Waals surface area contributed by atoms with Crippen LogP contribution in [0.3, 0.4) is 0 Å². The molecule has 2 fully saturated rings. The smallest absolute Gasteiger partial charge is 0.237 e. The van der Waals surface area contributed by atoms with Crippen molar-refractivity contribution < 1.29 is 4.79 Å². The fourth-order valence-electron chi connectivity index (χ4n) is 2.32. The summed E-state index contributed by atoms with van der Waals surface area (Å²) in [6, 6.07) is 0.0522. The van der Waals surface area contributed by atoms with Crippen LogP contribution in [0.25, 0.3) is 0 Å². The summed E-state index contributed by atoms with van der Waals surface area (Å²) in [4.78, 5) is 11.8. The van der Waals surface area contributed by atoms with E-state index in [9.17, 15) is 4.79 Å². The first kappa shape index (κ1) is 11.3. The summed E-state index contributed by atoms with van der Waals surface area (Å²) in [5.41, 5.74) is 0. The molecule has 1 amide bonds. The molecular formula is C11H20N2OS. The van der Waals surface area contributed by atoms with E-state index in [4.69, 9.17) is 0 Å². The molecule has 2 aliphatic heterocycles. The number of rotatable bonds is 3. The highest BCUT2D eigenvalue weighted by atomic mass is 32.2. The van der Waals surface area contributed by atoms with E-state index < -0.39 is 0 Å². The molecule has 0 aromatic heterocycles. The van der Waals surface area contributed by atoms with Gasteiger partial charge in [-0.15, -0.1) is 0 Å². The zero-order valence-corrected chi connectivity index (χ0v) is 10.1. The number of nitrogens with one attached hydrogen (secondary N) is 2. The van der Waals surface area contributed by atoms with Crippen LogP contribution in [-0.2, 0) is 4.79 Å². The van der Waals surface area contributed by atoms with Crippen LogP contribution in [0.5, 0.6) is 0 Å². The number of carbonyl (C=O) groups is 1. The minimum absolute atomic E-state index is 0.0522. The Hall–Kier alpha value is -0.220. The van der Waals surface area contributed by atoms with E-state index in [2.05, 4.69) is 17.6 Å². The second-order valence-electron chi connectivity index (χ2n) is 4.58. The Morgan fingerprint density at radius 2 is 2.40 bits per heavy atom. The molecule has 3 unspecified atom stereocenters.